The second kappa shape index (κ2) is 17.0. The van der Waals surface area contributed by atoms with E-state index in [-0.39, 0.29) is 25.2 Å². The number of guanidine groups is 2. The van der Waals surface area contributed by atoms with Gasteiger partial charge in [0, 0.05) is 0 Å². The van der Waals surface area contributed by atoms with Crippen LogP contribution < -0.4 is 34.1 Å². The minimum absolute atomic E-state index is 0. The molecule has 0 aromatic heterocycles. The van der Waals surface area contributed by atoms with Crippen LogP contribution in [0.4, 0.5) is 0 Å². The molecular weight excluding hydrogens is 352 g/mol. The van der Waals surface area contributed by atoms with Crippen molar-refractivity contribution >= 4 is 47.4 Å². The molecule has 0 aromatic rings. The SMILES string of the molecule is C.CC(=N)N/N=C\C(C)=N/N=C(N)N.CC(N)=N/N=C\C(C)=N/N=C(N)N. The highest BCUT2D eigenvalue weighted by molar-refractivity contribution is 6.29. The Hall–Kier alpha value is -3.84. The summed E-state index contributed by atoms with van der Waals surface area (Å²) in [5, 5.41) is 31.9. The van der Waals surface area contributed by atoms with Crippen molar-refractivity contribution in [2.75, 3.05) is 0 Å². The second-order valence-corrected chi connectivity index (χ2v) is 4.51. The predicted molar refractivity (Wildman–Crippen MR) is 115 cm³/mol. The first-order chi connectivity index (χ1) is 12.0. The Morgan fingerprint density at radius 1 is 0.741 bits per heavy atom. The molecule has 0 aromatic carbocycles. The van der Waals surface area contributed by atoms with E-state index in [9.17, 15) is 0 Å². The van der Waals surface area contributed by atoms with Gasteiger partial charge in [-0.1, -0.05) is 7.43 Å². The highest BCUT2D eigenvalue weighted by atomic mass is 15.3. The van der Waals surface area contributed by atoms with E-state index in [0.717, 1.165) is 0 Å². The van der Waals surface area contributed by atoms with Crippen molar-refractivity contribution in [1.29, 1.82) is 5.41 Å². The van der Waals surface area contributed by atoms with E-state index in [1.807, 2.05) is 0 Å². The Balaban J connectivity index is -0.000000411. The predicted octanol–water partition coefficient (Wildman–Crippen LogP) is -1.16. The summed E-state index contributed by atoms with van der Waals surface area (Å²) in [6, 6.07) is 0. The average molecular weight is 382 g/mol. The standard InChI is InChI=1S/2C6H13N7.CH4/c2*1-4(11-13-6(8)9)3-10-12-5(2)7;/h2*3H,1-2H3,(H2,7,12)(H4,8,9,13);1H4/b2*10-3-,11-4-;. The van der Waals surface area contributed by atoms with Gasteiger partial charge in [-0.05, 0) is 27.7 Å². The van der Waals surface area contributed by atoms with Crippen molar-refractivity contribution in [2.24, 2.45) is 64.4 Å². The molecule has 0 saturated carbocycles. The zero-order valence-electron chi connectivity index (χ0n) is 15.2. The third kappa shape index (κ3) is 27.3. The highest BCUT2D eigenvalue weighted by Gasteiger charge is 1.84. The van der Waals surface area contributed by atoms with Gasteiger partial charge in [-0.15, -0.1) is 15.3 Å². The van der Waals surface area contributed by atoms with Gasteiger partial charge in [0.1, 0.15) is 11.7 Å². The van der Waals surface area contributed by atoms with Crippen LogP contribution in [0.2, 0.25) is 0 Å². The number of hydrogen-bond acceptors (Lipinski definition) is 8. The van der Waals surface area contributed by atoms with Crippen molar-refractivity contribution in [1.82, 2.24) is 5.43 Å². The maximum atomic E-state index is 6.98. The van der Waals surface area contributed by atoms with Crippen LogP contribution in [0.25, 0.3) is 0 Å². The molecule has 0 radical (unpaired) electrons. The zero-order valence-corrected chi connectivity index (χ0v) is 15.2. The molecule has 0 aliphatic carbocycles. The fourth-order valence-corrected chi connectivity index (χ4v) is 0.751. The average Bonchev–Trinajstić information content (AvgIpc) is 2.51. The summed E-state index contributed by atoms with van der Waals surface area (Å²) in [7, 11) is 0. The zero-order chi connectivity index (χ0) is 20.5. The van der Waals surface area contributed by atoms with E-state index in [4.69, 9.17) is 34.1 Å². The van der Waals surface area contributed by atoms with Gasteiger partial charge in [0.05, 0.1) is 23.9 Å². The molecule has 0 fully saturated rings. The lowest BCUT2D eigenvalue weighted by atomic mass is 10.5. The van der Waals surface area contributed by atoms with E-state index in [1.54, 1.807) is 27.7 Å². The first-order valence-electron chi connectivity index (χ1n) is 6.98. The van der Waals surface area contributed by atoms with Crippen LogP contribution in [-0.2, 0) is 0 Å². The van der Waals surface area contributed by atoms with Gasteiger partial charge in [-0.3, -0.25) is 10.8 Å². The summed E-state index contributed by atoms with van der Waals surface area (Å²) < 4.78 is 0. The molecule has 14 nitrogen and oxygen atoms in total. The summed E-state index contributed by atoms with van der Waals surface area (Å²) in [5.74, 6) is 0.395. The van der Waals surface area contributed by atoms with E-state index in [0.29, 0.717) is 17.3 Å². The van der Waals surface area contributed by atoms with E-state index >= 15 is 0 Å². The van der Waals surface area contributed by atoms with Gasteiger partial charge in [0.15, 0.2) is 0 Å². The number of nitrogens with two attached hydrogens (primary N) is 5. The lowest BCUT2D eigenvalue weighted by molar-refractivity contribution is 1.01. The number of amidine groups is 2. The smallest absolute Gasteiger partial charge is 0.211 e. The van der Waals surface area contributed by atoms with Crippen molar-refractivity contribution < 1.29 is 0 Å². The normalized spacial score (nSPS) is 11.9. The first-order valence-corrected chi connectivity index (χ1v) is 6.98. The summed E-state index contributed by atoms with van der Waals surface area (Å²) in [6.07, 6.45) is 2.80. The number of nitrogens with one attached hydrogen (secondary N) is 2. The van der Waals surface area contributed by atoms with Crippen molar-refractivity contribution in [3.63, 3.8) is 0 Å². The number of nitrogens with zero attached hydrogens (tertiary/aromatic N) is 7. The van der Waals surface area contributed by atoms with Gasteiger partial charge < -0.3 is 28.7 Å². The van der Waals surface area contributed by atoms with Crippen molar-refractivity contribution in [2.45, 2.75) is 35.1 Å². The van der Waals surface area contributed by atoms with E-state index < -0.39 is 0 Å². The Labute approximate surface area is 158 Å². The number of rotatable bonds is 6. The van der Waals surface area contributed by atoms with Gasteiger partial charge in [0.2, 0.25) is 11.9 Å². The van der Waals surface area contributed by atoms with E-state index in [1.165, 1.54) is 12.4 Å². The third-order valence-corrected chi connectivity index (χ3v) is 1.59. The molecule has 0 spiro atoms. The Morgan fingerprint density at radius 2 is 1.19 bits per heavy atom. The molecule has 0 atom stereocenters. The monoisotopic (exact) mass is 382 g/mol. The molecular formula is C13H30N14. The topological polar surface area (TPSA) is 253 Å². The Kier molecular flexibility index (Phi) is 17.6. The van der Waals surface area contributed by atoms with Crippen LogP contribution in [-0.4, -0.2) is 47.4 Å². The van der Waals surface area contributed by atoms with Crippen LogP contribution in [0, 0.1) is 5.41 Å². The lowest BCUT2D eigenvalue weighted by Crippen LogP contribution is -2.22. The summed E-state index contributed by atoms with van der Waals surface area (Å²) in [5.41, 5.74) is 28.9. The third-order valence-electron chi connectivity index (χ3n) is 1.59. The highest BCUT2D eigenvalue weighted by Crippen LogP contribution is 1.78. The molecule has 0 amide bonds. The maximum absolute atomic E-state index is 6.98. The lowest BCUT2D eigenvalue weighted by Gasteiger charge is -1.92. The Bertz CT molecular complexity index is 638. The summed E-state index contributed by atoms with van der Waals surface area (Å²) >= 11 is 0. The van der Waals surface area contributed by atoms with Crippen LogP contribution in [0.5, 0.6) is 0 Å². The van der Waals surface area contributed by atoms with Crippen LogP contribution in [0.15, 0.2) is 35.7 Å². The van der Waals surface area contributed by atoms with Crippen molar-refractivity contribution in [3.05, 3.63) is 0 Å². The minimum atomic E-state index is -0.107. The number of hydrazone groups is 1. The molecule has 14 heteroatoms. The summed E-state index contributed by atoms with van der Waals surface area (Å²) in [6.45, 7) is 6.55. The second-order valence-electron chi connectivity index (χ2n) is 4.51. The molecule has 152 valence electrons. The number of hydrogen-bond donors (Lipinski definition) is 7. The molecule has 0 bridgehead atoms. The molecule has 12 N–H and O–H groups in total. The molecule has 0 aliphatic heterocycles. The fraction of sp³-hybridized carbons (Fsp3) is 0.385. The van der Waals surface area contributed by atoms with Crippen LogP contribution in [0.3, 0.4) is 0 Å². The van der Waals surface area contributed by atoms with Gasteiger partial charge in [0.25, 0.3) is 0 Å². The van der Waals surface area contributed by atoms with E-state index in [2.05, 4.69) is 41.1 Å². The van der Waals surface area contributed by atoms with Crippen molar-refractivity contribution in [3.8, 4) is 0 Å². The van der Waals surface area contributed by atoms with Gasteiger partial charge >= 0.3 is 0 Å². The molecule has 27 heavy (non-hydrogen) atoms. The molecule has 0 saturated heterocycles. The minimum Gasteiger partial charge on any atom is -0.386 e. The largest absolute Gasteiger partial charge is 0.386 e. The van der Waals surface area contributed by atoms with Crippen LogP contribution in [0.1, 0.15) is 35.1 Å². The molecule has 0 rings (SSSR count). The summed E-state index contributed by atoms with van der Waals surface area (Å²) in [4.78, 5) is 0. The van der Waals surface area contributed by atoms with Gasteiger partial charge in [-0.2, -0.15) is 20.4 Å². The molecule has 0 unspecified atom stereocenters. The maximum Gasteiger partial charge on any atom is 0.211 e. The fourth-order valence-electron chi connectivity index (χ4n) is 0.751. The Morgan fingerprint density at radius 3 is 1.56 bits per heavy atom. The van der Waals surface area contributed by atoms with Gasteiger partial charge in [-0.25, -0.2) is 0 Å². The van der Waals surface area contributed by atoms with Crippen LogP contribution >= 0.6 is 0 Å². The quantitative estimate of drug-likeness (QED) is 0.169. The molecule has 0 heterocycles. The molecule has 0 aliphatic rings. The first kappa shape index (κ1) is 28.0.